The predicted molar refractivity (Wildman–Crippen MR) is 48.6 cm³/mol. The first kappa shape index (κ1) is 11.0. The van der Waals surface area contributed by atoms with Crippen LogP contribution in [-0.4, -0.2) is 35.2 Å². The van der Waals surface area contributed by atoms with E-state index in [-0.39, 0.29) is 18.4 Å². The molecule has 0 aliphatic heterocycles. The molecule has 0 bridgehead atoms. The second-order valence-corrected chi connectivity index (χ2v) is 3.51. The average molecular weight is 201 g/mol. The van der Waals surface area contributed by atoms with Crippen LogP contribution in [0.5, 0.6) is 0 Å². The van der Waals surface area contributed by atoms with Gasteiger partial charge in [0.15, 0.2) is 0 Å². The predicted octanol–water partition coefficient (Wildman–Crippen LogP) is -0.404. The average Bonchev–Trinajstić information content (AvgIpc) is 2.91. The summed E-state index contributed by atoms with van der Waals surface area (Å²) in [7, 11) is 0. The molecule has 5 nitrogen and oxygen atoms in total. The molecule has 1 fully saturated rings. The first-order valence-corrected chi connectivity index (χ1v) is 4.78. The zero-order valence-corrected chi connectivity index (χ0v) is 7.90. The highest BCUT2D eigenvalue weighted by Gasteiger charge is 2.48. The monoisotopic (exact) mass is 201 g/mol. The fourth-order valence-corrected chi connectivity index (χ4v) is 1.34. The SMILES string of the molecule is O=C(O)C1CC1C(=O)NCCCCO. The number of carbonyl (C=O) groups is 2. The molecule has 0 spiro atoms. The number of aliphatic carboxylic acids is 1. The quantitative estimate of drug-likeness (QED) is 0.510. The van der Waals surface area contributed by atoms with Crippen LogP contribution in [0.15, 0.2) is 0 Å². The Morgan fingerprint density at radius 2 is 2.00 bits per heavy atom. The number of aliphatic hydroxyl groups excluding tert-OH is 1. The molecule has 0 aromatic heterocycles. The normalized spacial score (nSPS) is 24.4. The minimum atomic E-state index is -0.888. The highest BCUT2D eigenvalue weighted by atomic mass is 16.4. The summed E-state index contributed by atoms with van der Waals surface area (Å²) in [5.41, 5.74) is 0. The number of nitrogens with one attached hydrogen (secondary N) is 1. The third-order valence-electron chi connectivity index (χ3n) is 2.33. The van der Waals surface area contributed by atoms with Crippen LogP contribution < -0.4 is 5.32 Å². The Bertz CT molecular complexity index is 229. The number of carboxylic acid groups (broad SMARTS) is 1. The lowest BCUT2D eigenvalue weighted by molar-refractivity contribution is -0.140. The van der Waals surface area contributed by atoms with Gasteiger partial charge in [-0.1, -0.05) is 0 Å². The molecule has 0 heterocycles. The van der Waals surface area contributed by atoms with Gasteiger partial charge < -0.3 is 15.5 Å². The molecular weight excluding hydrogens is 186 g/mol. The summed E-state index contributed by atoms with van der Waals surface area (Å²) < 4.78 is 0. The fraction of sp³-hybridized carbons (Fsp3) is 0.778. The molecule has 5 heteroatoms. The number of hydrogen-bond acceptors (Lipinski definition) is 3. The molecule has 2 atom stereocenters. The summed E-state index contributed by atoms with van der Waals surface area (Å²) in [6.45, 7) is 0.638. The van der Waals surface area contributed by atoms with Crippen molar-refractivity contribution in [1.82, 2.24) is 5.32 Å². The summed E-state index contributed by atoms with van der Waals surface area (Å²) >= 11 is 0. The van der Waals surface area contributed by atoms with Crippen molar-refractivity contribution >= 4 is 11.9 Å². The fourth-order valence-electron chi connectivity index (χ4n) is 1.34. The minimum Gasteiger partial charge on any atom is -0.481 e. The Morgan fingerprint density at radius 3 is 2.50 bits per heavy atom. The Labute approximate surface area is 82.1 Å². The number of amides is 1. The molecule has 80 valence electrons. The second kappa shape index (κ2) is 4.95. The van der Waals surface area contributed by atoms with E-state index < -0.39 is 11.9 Å². The van der Waals surface area contributed by atoms with E-state index in [0.29, 0.717) is 19.4 Å². The number of aliphatic hydroxyl groups is 1. The molecular formula is C9H15NO4. The number of carboxylic acids is 1. The van der Waals surface area contributed by atoms with Gasteiger partial charge in [0.25, 0.3) is 0 Å². The first-order valence-electron chi connectivity index (χ1n) is 4.78. The van der Waals surface area contributed by atoms with E-state index in [4.69, 9.17) is 10.2 Å². The van der Waals surface area contributed by atoms with E-state index in [2.05, 4.69) is 5.32 Å². The Hall–Kier alpha value is -1.10. The molecule has 0 aromatic carbocycles. The van der Waals surface area contributed by atoms with Crippen LogP contribution in [0.3, 0.4) is 0 Å². The molecule has 1 aliphatic rings. The third kappa shape index (κ3) is 2.99. The lowest BCUT2D eigenvalue weighted by atomic mass is 10.3. The Morgan fingerprint density at radius 1 is 1.29 bits per heavy atom. The van der Waals surface area contributed by atoms with Crippen molar-refractivity contribution in [3.05, 3.63) is 0 Å². The number of hydrogen-bond donors (Lipinski definition) is 3. The van der Waals surface area contributed by atoms with Crippen LogP contribution in [0.25, 0.3) is 0 Å². The maximum absolute atomic E-state index is 11.2. The second-order valence-electron chi connectivity index (χ2n) is 3.51. The Balaban J connectivity index is 2.09. The molecule has 2 unspecified atom stereocenters. The summed E-state index contributed by atoms with van der Waals surface area (Å²) in [5, 5.41) is 19.7. The maximum Gasteiger partial charge on any atom is 0.307 e. The summed E-state index contributed by atoms with van der Waals surface area (Å²) in [6.07, 6.45) is 1.85. The van der Waals surface area contributed by atoms with Gasteiger partial charge in [0, 0.05) is 13.2 Å². The van der Waals surface area contributed by atoms with E-state index in [1.165, 1.54) is 0 Å². The van der Waals surface area contributed by atoms with Crippen molar-refractivity contribution in [3.63, 3.8) is 0 Å². The molecule has 0 saturated heterocycles. The molecule has 1 amide bonds. The molecule has 14 heavy (non-hydrogen) atoms. The van der Waals surface area contributed by atoms with Crippen molar-refractivity contribution in [2.45, 2.75) is 19.3 Å². The first-order chi connectivity index (χ1) is 6.66. The van der Waals surface area contributed by atoms with Crippen molar-refractivity contribution in [2.24, 2.45) is 11.8 Å². The van der Waals surface area contributed by atoms with Gasteiger partial charge in [0.1, 0.15) is 0 Å². The van der Waals surface area contributed by atoms with Gasteiger partial charge in [-0.25, -0.2) is 0 Å². The highest BCUT2D eigenvalue weighted by molar-refractivity contribution is 5.89. The minimum absolute atomic E-state index is 0.122. The zero-order valence-electron chi connectivity index (χ0n) is 7.90. The van der Waals surface area contributed by atoms with Crippen molar-refractivity contribution in [1.29, 1.82) is 0 Å². The molecule has 3 N–H and O–H groups in total. The molecule has 1 aliphatic carbocycles. The van der Waals surface area contributed by atoms with E-state index >= 15 is 0 Å². The van der Waals surface area contributed by atoms with Crippen molar-refractivity contribution in [2.75, 3.05) is 13.2 Å². The van der Waals surface area contributed by atoms with Crippen LogP contribution in [0.2, 0.25) is 0 Å². The van der Waals surface area contributed by atoms with Crippen LogP contribution in [0, 0.1) is 11.8 Å². The summed E-state index contributed by atoms with van der Waals surface area (Å²) in [5.74, 6) is -1.87. The van der Waals surface area contributed by atoms with E-state index in [9.17, 15) is 9.59 Å². The zero-order chi connectivity index (χ0) is 10.6. The number of unbranched alkanes of at least 4 members (excludes halogenated alkanes) is 1. The largest absolute Gasteiger partial charge is 0.481 e. The molecule has 1 rings (SSSR count). The topological polar surface area (TPSA) is 86.6 Å². The summed E-state index contributed by atoms with van der Waals surface area (Å²) in [4.78, 5) is 21.7. The summed E-state index contributed by atoms with van der Waals surface area (Å²) in [6, 6.07) is 0. The van der Waals surface area contributed by atoms with E-state index in [0.717, 1.165) is 6.42 Å². The smallest absolute Gasteiger partial charge is 0.307 e. The van der Waals surface area contributed by atoms with Crippen LogP contribution in [0.4, 0.5) is 0 Å². The van der Waals surface area contributed by atoms with E-state index in [1.807, 2.05) is 0 Å². The third-order valence-corrected chi connectivity index (χ3v) is 2.33. The molecule has 1 saturated carbocycles. The lowest BCUT2D eigenvalue weighted by Gasteiger charge is -2.02. The molecule has 0 aromatic rings. The van der Waals surface area contributed by atoms with Gasteiger partial charge in [-0.2, -0.15) is 0 Å². The lowest BCUT2D eigenvalue weighted by Crippen LogP contribution is -2.27. The van der Waals surface area contributed by atoms with Gasteiger partial charge in [-0.3, -0.25) is 9.59 Å². The molecule has 0 radical (unpaired) electrons. The van der Waals surface area contributed by atoms with Crippen LogP contribution in [0.1, 0.15) is 19.3 Å². The number of carbonyl (C=O) groups excluding carboxylic acids is 1. The van der Waals surface area contributed by atoms with Crippen LogP contribution in [-0.2, 0) is 9.59 Å². The van der Waals surface area contributed by atoms with Gasteiger partial charge in [0.2, 0.25) is 5.91 Å². The standard InChI is InChI=1S/C9H15NO4/c11-4-2-1-3-10-8(12)6-5-7(6)9(13)14/h6-7,11H,1-5H2,(H,10,12)(H,13,14). The van der Waals surface area contributed by atoms with Gasteiger partial charge in [0.05, 0.1) is 11.8 Å². The Kier molecular flexibility index (Phi) is 3.88. The van der Waals surface area contributed by atoms with Crippen molar-refractivity contribution < 1.29 is 19.8 Å². The van der Waals surface area contributed by atoms with Crippen LogP contribution >= 0.6 is 0 Å². The highest BCUT2D eigenvalue weighted by Crippen LogP contribution is 2.38. The maximum atomic E-state index is 11.2. The van der Waals surface area contributed by atoms with Gasteiger partial charge >= 0.3 is 5.97 Å². The van der Waals surface area contributed by atoms with Gasteiger partial charge in [-0.05, 0) is 19.3 Å². The van der Waals surface area contributed by atoms with Crippen molar-refractivity contribution in [3.8, 4) is 0 Å². The van der Waals surface area contributed by atoms with E-state index in [1.54, 1.807) is 0 Å². The van der Waals surface area contributed by atoms with Gasteiger partial charge in [-0.15, -0.1) is 0 Å². The number of rotatable bonds is 6.